The molecule has 0 radical (unpaired) electrons. The normalized spacial score (nSPS) is 18.6. The number of hydrogen-bond donors (Lipinski definition) is 1. The van der Waals surface area contributed by atoms with Crippen LogP contribution in [0.2, 0.25) is 0 Å². The zero-order valence-electron chi connectivity index (χ0n) is 15.5. The molecule has 2 amide bonds. The molecule has 0 spiro atoms. The molecule has 25 heavy (non-hydrogen) atoms. The zero-order valence-corrected chi connectivity index (χ0v) is 15.5. The van der Waals surface area contributed by atoms with E-state index in [0.29, 0.717) is 19.0 Å². The van der Waals surface area contributed by atoms with Gasteiger partial charge in [0, 0.05) is 32.2 Å². The van der Waals surface area contributed by atoms with E-state index in [-0.39, 0.29) is 24.1 Å². The van der Waals surface area contributed by atoms with Crippen LogP contribution < -0.4 is 10.1 Å². The largest absolute Gasteiger partial charge is 0.472 e. The first-order valence-electron chi connectivity index (χ1n) is 8.51. The van der Waals surface area contributed by atoms with Crippen LogP contribution in [0.5, 0.6) is 5.88 Å². The Morgan fingerprint density at radius 3 is 2.64 bits per heavy atom. The first kappa shape index (κ1) is 19.0. The lowest BCUT2D eigenvalue weighted by Gasteiger charge is -2.24. The highest BCUT2D eigenvalue weighted by Crippen LogP contribution is 2.20. The maximum Gasteiger partial charge on any atom is 0.410 e. The number of amides is 2. The van der Waals surface area contributed by atoms with Crippen LogP contribution in [0.15, 0.2) is 18.3 Å². The summed E-state index contributed by atoms with van der Waals surface area (Å²) in [6.07, 6.45) is 2.02. The molecule has 1 aliphatic heterocycles. The summed E-state index contributed by atoms with van der Waals surface area (Å²) in [5.74, 6) is 0.427. The van der Waals surface area contributed by atoms with Crippen molar-refractivity contribution in [3.63, 3.8) is 0 Å². The molecule has 1 N–H and O–H groups in total. The molecule has 7 heteroatoms. The van der Waals surface area contributed by atoms with Gasteiger partial charge in [0.2, 0.25) is 11.8 Å². The Morgan fingerprint density at radius 2 is 2.08 bits per heavy atom. The van der Waals surface area contributed by atoms with Gasteiger partial charge in [0.1, 0.15) is 11.7 Å². The smallest absolute Gasteiger partial charge is 0.410 e. The van der Waals surface area contributed by atoms with Crippen molar-refractivity contribution in [3.8, 4) is 5.88 Å². The Morgan fingerprint density at radius 1 is 1.36 bits per heavy atom. The Kier molecular flexibility index (Phi) is 5.87. The van der Waals surface area contributed by atoms with Crippen molar-refractivity contribution in [1.82, 2.24) is 15.2 Å². The molecule has 2 rings (SSSR count). The van der Waals surface area contributed by atoms with E-state index in [2.05, 4.69) is 10.3 Å². The molecule has 1 aromatic rings. The Hall–Kier alpha value is -2.31. The molecule has 0 aromatic carbocycles. The van der Waals surface area contributed by atoms with E-state index < -0.39 is 5.60 Å². The summed E-state index contributed by atoms with van der Waals surface area (Å²) in [5.41, 5.74) is 0.405. The van der Waals surface area contributed by atoms with Crippen molar-refractivity contribution in [2.45, 2.75) is 58.8 Å². The molecule has 1 aliphatic rings. The summed E-state index contributed by atoms with van der Waals surface area (Å²) >= 11 is 0. The molecule has 7 nitrogen and oxygen atoms in total. The second-order valence-corrected chi connectivity index (χ2v) is 7.31. The van der Waals surface area contributed by atoms with Crippen molar-refractivity contribution in [2.75, 3.05) is 13.1 Å². The highest BCUT2D eigenvalue weighted by Gasteiger charge is 2.31. The summed E-state index contributed by atoms with van der Waals surface area (Å²) in [4.78, 5) is 29.1. The second-order valence-electron chi connectivity index (χ2n) is 7.31. The highest BCUT2D eigenvalue weighted by molar-refractivity contribution is 5.73. The number of hydrogen-bond acceptors (Lipinski definition) is 5. The zero-order chi connectivity index (χ0) is 18.6. The van der Waals surface area contributed by atoms with E-state index in [0.717, 1.165) is 12.0 Å². The van der Waals surface area contributed by atoms with Crippen LogP contribution in [0, 0.1) is 0 Å². The predicted octanol–water partition coefficient (Wildman–Crippen LogP) is 2.67. The number of pyridine rings is 1. The minimum atomic E-state index is -0.502. The Bertz CT molecular complexity index is 610. The lowest BCUT2D eigenvalue weighted by Crippen LogP contribution is -2.36. The first-order chi connectivity index (χ1) is 11.6. The average molecular weight is 349 g/mol. The fourth-order valence-electron chi connectivity index (χ4n) is 2.59. The molecule has 1 aromatic heterocycles. The van der Waals surface area contributed by atoms with Gasteiger partial charge in [0.15, 0.2) is 0 Å². The highest BCUT2D eigenvalue weighted by atomic mass is 16.6. The molecular formula is C18H27N3O4. The number of likely N-dealkylation sites (tertiary alicyclic amines) is 1. The first-order valence-corrected chi connectivity index (χ1v) is 8.51. The van der Waals surface area contributed by atoms with E-state index >= 15 is 0 Å². The molecule has 0 saturated carbocycles. The Balaban J connectivity index is 1.87. The summed E-state index contributed by atoms with van der Waals surface area (Å²) in [5, 5.41) is 2.81. The topological polar surface area (TPSA) is 80.8 Å². The van der Waals surface area contributed by atoms with Crippen molar-refractivity contribution in [1.29, 1.82) is 0 Å². The molecule has 138 valence electrons. The van der Waals surface area contributed by atoms with Gasteiger partial charge in [-0.2, -0.15) is 0 Å². The van der Waals surface area contributed by atoms with Gasteiger partial charge in [-0.15, -0.1) is 0 Å². The molecule has 0 bridgehead atoms. The maximum absolute atomic E-state index is 12.1. The van der Waals surface area contributed by atoms with Gasteiger partial charge in [-0.05, 0) is 33.3 Å². The van der Waals surface area contributed by atoms with E-state index in [1.54, 1.807) is 17.2 Å². The molecule has 2 atom stereocenters. The third-order valence-corrected chi connectivity index (χ3v) is 3.76. The molecule has 2 heterocycles. The van der Waals surface area contributed by atoms with Gasteiger partial charge in [0.05, 0.1) is 12.6 Å². The summed E-state index contributed by atoms with van der Waals surface area (Å²) in [6, 6.07) is 3.56. The third kappa shape index (κ3) is 5.92. The van der Waals surface area contributed by atoms with Crippen LogP contribution >= 0.6 is 0 Å². The number of carbonyl (C=O) groups excluding carboxylic acids is 2. The fraction of sp³-hybridized carbons (Fsp3) is 0.611. The molecular weight excluding hydrogens is 322 g/mol. The fourth-order valence-corrected chi connectivity index (χ4v) is 2.59. The summed E-state index contributed by atoms with van der Waals surface area (Å²) in [7, 11) is 0. The van der Waals surface area contributed by atoms with Gasteiger partial charge < -0.3 is 19.7 Å². The van der Waals surface area contributed by atoms with Crippen LogP contribution in [0.3, 0.4) is 0 Å². The van der Waals surface area contributed by atoms with Crippen molar-refractivity contribution >= 4 is 12.0 Å². The van der Waals surface area contributed by atoms with Gasteiger partial charge in [-0.25, -0.2) is 9.78 Å². The predicted molar refractivity (Wildman–Crippen MR) is 93.3 cm³/mol. The SMILES string of the molecule is CC(=O)NC(C)c1ccc(O[C@@H]2CCN(C(=O)OC(C)(C)C)C2)nc1. The van der Waals surface area contributed by atoms with Gasteiger partial charge in [-0.1, -0.05) is 6.07 Å². The maximum atomic E-state index is 12.1. The minimum Gasteiger partial charge on any atom is -0.472 e. The quantitative estimate of drug-likeness (QED) is 0.904. The van der Waals surface area contributed by atoms with Crippen LogP contribution in [0.25, 0.3) is 0 Å². The average Bonchev–Trinajstić information content (AvgIpc) is 2.94. The number of carbonyl (C=O) groups is 2. The minimum absolute atomic E-state index is 0.0824. The third-order valence-electron chi connectivity index (χ3n) is 3.76. The number of nitrogens with zero attached hydrogens (tertiary/aromatic N) is 2. The molecule has 0 aliphatic carbocycles. The molecule has 1 saturated heterocycles. The monoisotopic (exact) mass is 349 g/mol. The summed E-state index contributed by atoms with van der Waals surface area (Å²) in [6.45, 7) is 10.0. The number of nitrogens with one attached hydrogen (secondary N) is 1. The van der Waals surface area contributed by atoms with Crippen LogP contribution in [0.4, 0.5) is 4.79 Å². The van der Waals surface area contributed by atoms with E-state index in [4.69, 9.17) is 9.47 Å². The van der Waals surface area contributed by atoms with Gasteiger partial charge in [0.25, 0.3) is 0 Å². The Labute approximate surface area is 148 Å². The van der Waals surface area contributed by atoms with Gasteiger partial charge >= 0.3 is 6.09 Å². The van der Waals surface area contributed by atoms with E-state index in [1.807, 2.05) is 33.8 Å². The number of ether oxygens (including phenoxy) is 2. The van der Waals surface area contributed by atoms with Gasteiger partial charge in [-0.3, -0.25) is 4.79 Å². The lowest BCUT2D eigenvalue weighted by atomic mass is 10.1. The van der Waals surface area contributed by atoms with Crippen LogP contribution in [-0.4, -0.2) is 46.7 Å². The van der Waals surface area contributed by atoms with Crippen LogP contribution in [-0.2, 0) is 9.53 Å². The number of rotatable bonds is 4. The number of aromatic nitrogens is 1. The van der Waals surface area contributed by atoms with Crippen molar-refractivity contribution in [2.24, 2.45) is 0 Å². The van der Waals surface area contributed by atoms with Crippen molar-refractivity contribution < 1.29 is 19.1 Å². The summed E-state index contributed by atoms with van der Waals surface area (Å²) < 4.78 is 11.2. The van der Waals surface area contributed by atoms with E-state index in [1.165, 1.54) is 6.92 Å². The second kappa shape index (κ2) is 7.72. The molecule has 1 fully saturated rings. The van der Waals surface area contributed by atoms with E-state index in [9.17, 15) is 9.59 Å². The molecule has 1 unspecified atom stereocenters. The standard InChI is InChI=1S/C18H27N3O4/c1-12(20-13(2)22)14-6-7-16(19-10-14)24-15-8-9-21(11-15)17(23)25-18(3,4)5/h6-7,10,12,15H,8-9,11H2,1-5H3,(H,20,22)/t12?,15-/m1/s1. The van der Waals surface area contributed by atoms with Crippen LogP contribution in [0.1, 0.15) is 52.6 Å². The lowest BCUT2D eigenvalue weighted by molar-refractivity contribution is -0.119. The van der Waals surface area contributed by atoms with Crippen molar-refractivity contribution in [3.05, 3.63) is 23.9 Å².